The number of halogens is 3. The van der Waals surface area contributed by atoms with Crippen LogP contribution in [0.1, 0.15) is 11.5 Å². The van der Waals surface area contributed by atoms with Gasteiger partial charge in [0.15, 0.2) is 0 Å². The number of aryl methyl sites for hydroxylation is 1. The van der Waals surface area contributed by atoms with Gasteiger partial charge in [0, 0.05) is 24.9 Å². The Kier molecular flexibility index (Phi) is 3.40. The quantitative estimate of drug-likeness (QED) is 0.714. The van der Waals surface area contributed by atoms with Crippen molar-refractivity contribution in [2.45, 2.75) is 13.1 Å². The molecule has 3 aromatic rings. The molecular weight excluding hydrogens is 295 g/mol. The van der Waals surface area contributed by atoms with E-state index in [0.29, 0.717) is 28.5 Å². The standard InChI is InChI=1S/C15H10F3N3O/c1-9-20-21-14(22-9)12-6-11(7-19-8-12)10-2-4-13(5-3-10)15(16,17)18/h2-8H,1H3. The van der Waals surface area contributed by atoms with Gasteiger partial charge in [-0.25, -0.2) is 0 Å². The molecule has 0 spiro atoms. The fourth-order valence-corrected chi connectivity index (χ4v) is 1.98. The Balaban J connectivity index is 1.95. The molecule has 0 amide bonds. The predicted octanol–water partition coefficient (Wildman–Crippen LogP) is 4.13. The SMILES string of the molecule is Cc1nnc(-c2cncc(-c3ccc(C(F)(F)F)cc3)c2)o1. The molecule has 0 aliphatic carbocycles. The lowest BCUT2D eigenvalue weighted by molar-refractivity contribution is -0.137. The number of hydrogen-bond acceptors (Lipinski definition) is 4. The number of hydrogen-bond donors (Lipinski definition) is 0. The molecule has 22 heavy (non-hydrogen) atoms. The molecule has 0 aliphatic heterocycles. The molecule has 0 unspecified atom stereocenters. The maximum absolute atomic E-state index is 12.6. The highest BCUT2D eigenvalue weighted by atomic mass is 19.4. The zero-order chi connectivity index (χ0) is 15.7. The summed E-state index contributed by atoms with van der Waals surface area (Å²) in [7, 11) is 0. The third-order valence-electron chi connectivity index (χ3n) is 3.06. The molecule has 0 saturated carbocycles. The average molecular weight is 305 g/mol. The molecule has 0 radical (unpaired) electrons. The summed E-state index contributed by atoms with van der Waals surface area (Å²) in [4.78, 5) is 4.07. The molecule has 7 heteroatoms. The molecule has 0 aliphatic rings. The highest BCUT2D eigenvalue weighted by Crippen LogP contribution is 2.31. The first kappa shape index (κ1) is 14.2. The zero-order valence-corrected chi connectivity index (χ0v) is 11.4. The molecule has 0 saturated heterocycles. The third-order valence-corrected chi connectivity index (χ3v) is 3.06. The van der Waals surface area contributed by atoms with Gasteiger partial charge in [0.2, 0.25) is 11.8 Å². The monoisotopic (exact) mass is 305 g/mol. The van der Waals surface area contributed by atoms with Crippen molar-refractivity contribution >= 4 is 0 Å². The summed E-state index contributed by atoms with van der Waals surface area (Å²) in [6.45, 7) is 1.67. The first-order valence-corrected chi connectivity index (χ1v) is 6.36. The molecule has 0 atom stereocenters. The molecule has 1 aromatic carbocycles. The first-order chi connectivity index (χ1) is 10.4. The zero-order valence-electron chi connectivity index (χ0n) is 11.4. The molecule has 2 heterocycles. The lowest BCUT2D eigenvalue weighted by atomic mass is 10.0. The van der Waals surface area contributed by atoms with Crippen molar-refractivity contribution in [1.82, 2.24) is 15.2 Å². The Labute approximate surface area is 123 Å². The third kappa shape index (κ3) is 2.83. The fourth-order valence-electron chi connectivity index (χ4n) is 1.98. The Morgan fingerprint density at radius 3 is 2.18 bits per heavy atom. The van der Waals surface area contributed by atoms with E-state index in [1.165, 1.54) is 12.1 Å². The maximum atomic E-state index is 12.6. The maximum Gasteiger partial charge on any atom is 0.416 e. The Morgan fingerprint density at radius 1 is 0.909 bits per heavy atom. The van der Waals surface area contributed by atoms with Gasteiger partial charge < -0.3 is 4.42 Å². The van der Waals surface area contributed by atoms with Crippen molar-refractivity contribution in [3.63, 3.8) is 0 Å². The number of benzene rings is 1. The Hall–Kier alpha value is -2.70. The van der Waals surface area contributed by atoms with E-state index < -0.39 is 11.7 Å². The number of pyridine rings is 1. The summed E-state index contributed by atoms with van der Waals surface area (Å²) >= 11 is 0. The van der Waals surface area contributed by atoms with Crippen LogP contribution in [0.5, 0.6) is 0 Å². The molecule has 0 fully saturated rings. The van der Waals surface area contributed by atoms with Crippen molar-refractivity contribution < 1.29 is 17.6 Å². The molecular formula is C15H10F3N3O. The van der Waals surface area contributed by atoms with Gasteiger partial charge in [0.1, 0.15) is 0 Å². The number of alkyl halides is 3. The van der Waals surface area contributed by atoms with Crippen molar-refractivity contribution in [2.75, 3.05) is 0 Å². The lowest BCUT2D eigenvalue weighted by Crippen LogP contribution is -2.03. The second-order valence-electron chi connectivity index (χ2n) is 4.66. The smallest absolute Gasteiger partial charge is 0.416 e. The van der Waals surface area contributed by atoms with Crippen LogP contribution in [0.15, 0.2) is 47.1 Å². The highest BCUT2D eigenvalue weighted by molar-refractivity contribution is 5.68. The Bertz CT molecular complexity index is 794. The van der Waals surface area contributed by atoms with Gasteiger partial charge in [-0.05, 0) is 23.8 Å². The summed E-state index contributed by atoms with van der Waals surface area (Å²) in [5.41, 5.74) is 1.21. The summed E-state index contributed by atoms with van der Waals surface area (Å²) in [5.74, 6) is 0.744. The Morgan fingerprint density at radius 2 is 1.59 bits per heavy atom. The van der Waals surface area contributed by atoms with Crippen LogP contribution in [0.4, 0.5) is 13.2 Å². The summed E-state index contributed by atoms with van der Waals surface area (Å²) in [6.07, 6.45) is -1.23. The summed E-state index contributed by atoms with van der Waals surface area (Å²) < 4.78 is 43.0. The first-order valence-electron chi connectivity index (χ1n) is 6.36. The number of aromatic nitrogens is 3. The van der Waals surface area contributed by atoms with E-state index in [9.17, 15) is 13.2 Å². The van der Waals surface area contributed by atoms with Crippen LogP contribution in [-0.2, 0) is 6.18 Å². The van der Waals surface area contributed by atoms with E-state index in [2.05, 4.69) is 15.2 Å². The molecule has 0 N–H and O–H groups in total. The van der Waals surface area contributed by atoms with E-state index >= 15 is 0 Å². The minimum absolute atomic E-state index is 0.318. The van der Waals surface area contributed by atoms with Crippen LogP contribution >= 0.6 is 0 Å². The van der Waals surface area contributed by atoms with Gasteiger partial charge in [-0.2, -0.15) is 13.2 Å². The fraction of sp³-hybridized carbons (Fsp3) is 0.133. The van der Waals surface area contributed by atoms with Crippen LogP contribution in [-0.4, -0.2) is 15.2 Å². The second-order valence-corrected chi connectivity index (χ2v) is 4.66. The van der Waals surface area contributed by atoms with Crippen molar-refractivity contribution in [3.8, 4) is 22.6 Å². The topological polar surface area (TPSA) is 51.8 Å². The lowest BCUT2D eigenvalue weighted by Gasteiger charge is -2.08. The number of rotatable bonds is 2. The predicted molar refractivity (Wildman–Crippen MR) is 72.7 cm³/mol. The minimum Gasteiger partial charge on any atom is -0.421 e. The average Bonchev–Trinajstić information content (AvgIpc) is 2.93. The highest BCUT2D eigenvalue weighted by Gasteiger charge is 2.29. The van der Waals surface area contributed by atoms with Gasteiger partial charge in [-0.3, -0.25) is 4.98 Å². The van der Waals surface area contributed by atoms with Gasteiger partial charge in [-0.1, -0.05) is 12.1 Å². The van der Waals surface area contributed by atoms with Crippen LogP contribution in [0.3, 0.4) is 0 Å². The summed E-state index contributed by atoms with van der Waals surface area (Å²) in [6, 6.07) is 6.63. The second kappa shape index (κ2) is 5.25. The van der Waals surface area contributed by atoms with E-state index in [1.54, 1.807) is 25.4 Å². The van der Waals surface area contributed by atoms with E-state index in [-0.39, 0.29) is 0 Å². The van der Waals surface area contributed by atoms with Gasteiger partial charge in [0.25, 0.3) is 0 Å². The van der Waals surface area contributed by atoms with Crippen LogP contribution in [0.25, 0.3) is 22.6 Å². The van der Waals surface area contributed by atoms with E-state index in [4.69, 9.17) is 4.42 Å². The van der Waals surface area contributed by atoms with Crippen molar-refractivity contribution in [3.05, 3.63) is 54.2 Å². The van der Waals surface area contributed by atoms with Crippen LogP contribution in [0, 0.1) is 6.92 Å². The molecule has 2 aromatic heterocycles. The normalized spacial score (nSPS) is 11.6. The van der Waals surface area contributed by atoms with Gasteiger partial charge in [-0.15, -0.1) is 10.2 Å². The summed E-state index contributed by atoms with van der Waals surface area (Å²) in [5, 5.41) is 7.63. The van der Waals surface area contributed by atoms with Crippen LogP contribution < -0.4 is 0 Å². The van der Waals surface area contributed by atoms with Gasteiger partial charge >= 0.3 is 6.18 Å². The largest absolute Gasteiger partial charge is 0.421 e. The molecule has 3 rings (SSSR count). The molecule has 0 bridgehead atoms. The number of nitrogens with zero attached hydrogens (tertiary/aromatic N) is 3. The minimum atomic E-state index is -4.35. The van der Waals surface area contributed by atoms with Gasteiger partial charge in [0.05, 0.1) is 11.1 Å². The van der Waals surface area contributed by atoms with Crippen molar-refractivity contribution in [1.29, 1.82) is 0 Å². The van der Waals surface area contributed by atoms with E-state index in [1.807, 2.05) is 0 Å². The van der Waals surface area contributed by atoms with Crippen LogP contribution in [0.2, 0.25) is 0 Å². The van der Waals surface area contributed by atoms with Crippen molar-refractivity contribution in [2.24, 2.45) is 0 Å². The van der Waals surface area contributed by atoms with E-state index in [0.717, 1.165) is 12.1 Å². The molecule has 4 nitrogen and oxygen atoms in total. The molecule has 112 valence electrons.